The standard InChI is InChI=1S/C20H19N3O3/c1-2-26-18-9-4-3-8-17(18)23-13-15(11-19(23)24)20(25)22-16-7-5-6-14(10-16)12-21/h3-10,15H,2,11,13H2,1H3,(H,22,25). The molecule has 1 aliphatic heterocycles. The number of rotatable bonds is 5. The number of para-hydroxylation sites is 2. The van der Waals surface area contributed by atoms with Crippen molar-refractivity contribution in [2.45, 2.75) is 13.3 Å². The molecule has 1 heterocycles. The molecule has 0 aliphatic carbocycles. The number of nitriles is 1. The predicted molar refractivity (Wildman–Crippen MR) is 97.9 cm³/mol. The average molecular weight is 349 g/mol. The highest BCUT2D eigenvalue weighted by Crippen LogP contribution is 2.33. The van der Waals surface area contributed by atoms with Gasteiger partial charge < -0.3 is 15.0 Å². The summed E-state index contributed by atoms with van der Waals surface area (Å²) >= 11 is 0. The van der Waals surface area contributed by atoms with Gasteiger partial charge in [-0.15, -0.1) is 0 Å². The van der Waals surface area contributed by atoms with Gasteiger partial charge in [0.15, 0.2) is 0 Å². The lowest BCUT2D eigenvalue weighted by Gasteiger charge is -2.20. The first-order valence-electron chi connectivity index (χ1n) is 8.45. The maximum atomic E-state index is 12.5. The van der Waals surface area contributed by atoms with Crippen LogP contribution in [0.1, 0.15) is 18.9 Å². The first-order valence-corrected chi connectivity index (χ1v) is 8.45. The lowest BCUT2D eigenvalue weighted by atomic mass is 10.1. The molecule has 0 bridgehead atoms. The van der Waals surface area contributed by atoms with Gasteiger partial charge in [-0.2, -0.15) is 5.26 Å². The Hall–Kier alpha value is -3.33. The van der Waals surface area contributed by atoms with E-state index in [1.165, 1.54) is 0 Å². The zero-order chi connectivity index (χ0) is 18.5. The maximum Gasteiger partial charge on any atom is 0.229 e. The number of benzene rings is 2. The van der Waals surface area contributed by atoms with E-state index in [4.69, 9.17) is 10.00 Å². The molecule has 1 atom stereocenters. The van der Waals surface area contributed by atoms with E-state index in [2.05, 4.69) is 5.32 Å². The van der Waals surface area contributed by atoms with Gasteiger partial charge >= 0.3 is 0 Å². The van der Waals surface area contributed by atoms with E-state index < -0.39 is 5.92 Å². The van der Waals surface area contributed by atoms with Crippen LogP contribution in [0.3, 0.4) is 0 Å². The van der Waals surface area contributed by atoms with E-state index >= 15 is 0 Å². The second-order valence-corrected chi connectivity index (χ2v) is 5.99. The Balaban J connectivity index is 1.73. The minimum Gasteiger partial charge on any atom is -0.492 e. The van der Waals surface area contributed by atoms with Gasteiger partial charge in [0.05, 0.1) is 29.8 Å². The molecular weight excluding hydrogens is 330 g/mol. The number of carbonyl (C=O) groups is 2. The Morgan fingerprint density at radius 3 is 2.88 bits per heavy atom. The molecule has 2 aromatic carbocycles. The molecule has 6 nitrogen and oxygen atoms in total. The predicted octanol–water partition coefficient (Wildman–Crippen LogP) is 2.95. The van der Waals surface area contributed by atoms with Crippen LogP contribution in [0.25, 0.3) is 0 Å². The van der Waals surface area contributed by atoms with Gasteiger partial charge in [0.25, 0.3) is 0 Å². The van der Waals surface area contributed by atoms with Crippen molar-refractivity contribution < 1.29 is 14.3 Å². The van der Waals surface area contributed by atoms with Crippen LogP contribution < -0.4 is 15.0 Å². The van der Waals surface area contributed by atoms with Crippen molar-refractivity contribution in [3.05, 3.63) is 54.1 Å². The number of nitrogens with zero attached hydrogens (tertiary/aromatic N) is 2. The molecule has 1 N–H and O–H groups in total. The van der Waals surface area contributed by atoms with Gasteiger partial charge in [0, 0.05) is 18.7 Å². The quantitative estimate of drug-likeness (QED) is 0.900. The molecule has 3 rings (SSSR count). The van der Waals surface area contributed by atoms with E-state index in [9.17, 15) is 9.59 Å². The van der Waals surface area contributed by atoms with Crippen molar-refractivity contribution in [1.82, 2.24) is 0 Å². The highest BCUT2D eigenvalue weighted by molar-refractivity contribution is 6.04. The molecule has 0 radical (unpaired) electrons. The van der Waals surface area contributed by atoms with Crippen molar-refractivity contribution in [2.75, 3.05) is 23.4 Å². The fourth-order valence-corrected chi connectivity index (χ4v) is 2.98. The monoisotopic (exact) mass is 349 g/mol. The van der Waals surface area contributed by atoms with Crippen LogP contribution in [0.5, 0.6) is 5.75 Å². The van der Waals surface area contributed by atoms with Crippen molar-refractivity contribution in [3.8, 4) is 11.8 Å². The van der Waals surface area contributed by atoms with Crippen LogP contribution in [0.4, 0.5) is 11.4 Å². The number of anilines is 2. The molecule has 2 aromatic rings. The molecular formula is C20H19N3O3. The molecule has 132 valence electrons. The highest BCUT2D eigenvalue weighted by atomic mass is 16.5. The van der Waals surface area contributed by atoms with Gasteiger partial charge in [-0.1, -0.05) is 18.2 Å². The number of hydrogen-bond acceptors (Lipinski definition) is 4. The third-order valence-electron chi connectivity index (χ3n) is 4.21. The molecule has 1 unspecified atom stereocenters. The number of carbonyl (C=O) groups excluding carboxylic acids is 2. The summed E-state index contributed by atoms with van der Waals surface area (Å²) in [7, 11) is 0. The van der Waals surface area contributed by atoms with Gasteiger partial charge in [-0.05, 0) is 37.3 Å². The van der Waals surface area contributed by atoms with Crippen LogP contribution in [0.15, 0.2) is 48.5 Å². The number of amides is 2. The van der Waals surface area contributed by atoms with Crippen molar-refractivity contribution in [3.63, 3.8) is 0 Å². The van der Waals surface area contributed by atoms with Crippen molar-refractivity contribution in [1.29, 1.82) is 5.26 Å². The van der Waals surface area contributed by atoms with E-state index in [1.54, 1.807) is 29.2 Å². The summed E-state index contributed by atoms with van der Waals surface area (Å²) in [5.74, 6) is -0.165. The topological polar surface area (TPSA) is 82.4 Å². The lowest BCUT2D eigenvalue weighted by Crippen LogP contribution is -2.28. The van der Waals surface area contributed by atoms with Crippen LogP contribution >= 0.6 is 0 Å². The third kappa shape index (κ3) is 3.67. The molecule has 1 saturated heterocycles. The molecule has 0 aromatic heterocycles. The summed E-state index contributed by atoms with van der Waals surface area (Å²) < 4.78 is 5.59. The Morgan fingerprint density at radius 1 is 1.31 bits per heavy atom. The molecule has 6 heteroatoms. The molecule has 0 spiro atoms. The summed E-state index contributed by atoms with van der Waals surface area (Å²) in [6, 6.07) is 16.1. The number of ether oxygens (including phenoxy) is 1. The Morgan fingerprint density at radius 2 is 2.12 bits per heavy atom. The second-order valence-electron chi connectivity index (χ2n) is 5.99. The Bertz CT molecular complexity index is 873. The van der Waals surface area contributed by atoms with Gasteiger partial charge in [-0.3, -0.25) is 9.59 Å². The number of hydrogen-bond donors (Lipinski definition) is 1. The fourth-order valence-electron chi connectivity index (χ4n) is 2.98. The summed E-state index contributed by atoms with van der Waals surface area (Å²) in [6.07, 6.45) is 0.143. The molecule has 26 heavy (non-hydrogen) atoms. The van der Waals surface area contributed by atoms with Crippen LogP contribution in [0, 0.1) is 17.2 Å². The van der Waals surface area contributed by atoms with Crippen LogP contribution in [-0.2, 0) is 9.59 Å². The Kier molecular flexibility index (Phi) is 5.18. The summed E-state index contributed by atoms with van der Waals surface area (Å²) in [5, 5.41) is 11.7. The van der Waals surface area contributed by atoms with E-state index in [-0.39, 0.29) is 18.2 Å². The molecule has 2 amide bonds. The zero-order valence-corrected chi connectivity index (χ0v) is 14.4. The van der Waals surface area contributed by atoms with E-state index in [1.807, 2.05) is 37.3 Å². The van der Waals surface area contributed by atoms with Gasteiger partial charge in [-0.25, -0.2) is 0 Å². The first-order chi connectivity index (χ1) is 12.6. The average Bonchev–Trinajstić information content (AvgIpc) is 3.04. The largest absolute Gasteiger partial charge is 0.492 e. The highest BCUT2D eigenvalue weighted by Gasteiger charge is 2.36. The Labute approximate surface area is 152 Å². The van der Waals surface area contributed by atoms with Crippen LogP contribution in [-0.4, -0.2) is 25.0 Å². The maximum absolute atomic E-state index is 12.5. The smallest absolute Gasteiger partial charge is 0.229 e. The minimum absolute atomic E-state index is 0.108. The summed E-state index contributed by atoms with van der Waals surface area (Å²) in [6.45, 7) is 2.68. The van der Waals surface area contributed by atoms with Crippen molar-refractivity contribution >= 4 is 23.2 Å². The second kappa shape index (κ2) is 7.70. The third-order valence-corrected chi connectivity index (χ3v) is 4.21. The van der Waals surface area contributed by atoms with Crippen LogP contribution in [0.2, 0.25) is 0 Å². The first kappa shape index (κ1) is 17.5. The lowest BCUT2D eigenvalue weighted by molar-refractivity contribution is -0.122. The summed E-state index contributed by atoms with van der Waals surface area (Å²) in [5.41, 5.74) is 1.70. The molecule has 1 fully saturated rings. The van der Waals surface area contributed by atoms with Gasteiger partial charge in [0.2, 0.25) is 11.8 Å². The molecule has 1 aliphatic rings. The van der Waals surface area contributed by atoms with E-state index in [0.717, 1.165) is 0 Å². The molecule has 0 saturated carbocycles. The number of nitrogens with one attached hydrogen (secondary N) is 1. The SMILES string of the molecule is CCOc1ccccc1N1CC(C(=O)Nc2cccc(C#N)c2)CC1=O. The summed E-state index contributed by atoms with van der Waals surface area (Å²) in [4.78, 5) is 26.6. The minimum atomic E-state index is -0.456. The zero-order valence-electron chi connectivity index (χ0n) is 14.4. The normalized spacial score (nSPS) is 16.2. The van der Waals surface area contributed by atoms with E-state index in [0.29, 0.717) is 35.8 Å². The van der Waals surface area contributed by atoms with Crippen molar-refractivity contribution in [2.24, 2.45) is 5.92 Å². The fraction of sp³-hybridized carbons (Fsp3) is 0.250. The van der Waals surface area contributed by atoms with Gasteiger partial charge in [0.1, 0.15) is 5.75 Å².